The van der Waals surface area contributed by atoms with Crippen LogP contribution in [-0.2, 0) is 4.79 Å². The molecular formula is C11H9ClN2O2. The molecule has 82 valence electrons. The van der Waals surface area contributed by atoms with Gasteiger partial charge in [0, 0.05) is 23.5 Å². The summed E-state index contributed by atoms with van der Waals surface area (Å²) >= 11 is 6.07. The summed E-state index contributed by atoms with van der Waals surface area (Å²) in [6, 6.07) is 5.30. The molecule has 0 amide bonds. The second kappa shape index (κ2) is 4.28. The lowest BCUT2D eigenvalue weighted by Gasteiger charge is -2.06. The fourth-order valence-corrected chi connectivity index (χ4v) is 1.70. The molecular weight excluding hydrogens is 228 g/mol. The number of aromatic amines is 1. The summed E-state index contributed by atoms with van der Waals surface area (Å²) in [6.45, 7) is 0.368. The van der Waals surface area contributed by atoms with Gasteiger partial charge in [0.05, 0.1) is 10.7 Å². The van der Waals surface area contributed by atoms with Crippen molar-refractivity contribution in [3.63, 3.8) is 0 Å². The first-order chi connectivity index (χ1) is 7.74. The second-order valence-electron chi connectivity index (χ2n) is 3.16. The van der Waals surface area contributed by atoms with Crippen molar-refractivity contribution in [1.82, 2.24) is 4.98 Å². The fraction of sp³-hybridized carbons (Fsp3) is 0. The Morgan fingerprint density at radius 2 is 2.12 bits per heavy atom. The number of H-pyrrole nitrogens is 1. The first kappa shape index (κ1) is 10.6. The number of halogens is 1. The molecule has 0 unspecified atom stereocenters. The SMILES string of the molecule is Nc1cccc(-c2c[nH]cc2OC=O)c1Cl. The molecule has 1 aromatic carbocycles. The highest BCUT2D eigenvalue weighted by Crippen LogP contribution is 2.37. The van der Waals surface area contributed by atoms with Gasteiger partial charge >= 0.3 is 0 Å². The standard InChI is InChI=1S/C11H9ClN2O2/c12-11-7(2-1-3-9(11)13)8-4-14-5-10(8)16-6-15/h1-6,14H,13H2. The summed E-state index contributed by atoms with van der Waals surface area (Å²) < 4.78 is 4.82. The molecule has 2 rings (SSSR count). The monoisotopic (exact) mass is 236 g/mol. The molecule has 0 spiro atoms. The minimum atomic E-state index is 0.368. The van der Waals surface area contributed by atoms with E-state index in [1.54, 1.807) is 30.6 Å². The van der Waals surface area contributed by atoms with Gasteiger partial charge in [0.25, 0.3) is 6.47 Å². The number of hydrogen-bond acceptors (Lipinski definition) is 3. The maximum absolute atomic E-state index is 10.3. The van der Waals surface area contributed by atoms with Gasteiger partial charge in [0.15, 0.2) is 5.75 Å². The zero-order chi connectivity index (χ0) is 11.5. The van der Waals surface area contributed by atoms with E-state index in [0.717, 1.165) is 5.56 Å². The molecule has 0 fully saturated rings. The van der Waals surface area contributed by atoms with Crippen LogP contribution >= 0.6 is 11.6 Å². The van der Waals surface area contributed by atoms with Crippen molar-refractivity contribution >= 4 is 23.8 Å². The van der Waals surface area contributed by atoms with Gasteiger partial charge in [0.2, 0.25) is 0 Å². The van der Waals surface area contributed by atoms with Crippen LogP contribution in [0.2, 0.25) is 5.02 Å². The Balaban J connectivity index is 2.54. The number of ether oxygens (including phenoxy) is 1. The van der Waals surface area contributed by atoms with Gasteiger partial charge in [-0.15, -0.1) is 0 Å². The van der Waals surface area contributed by atoms with Crippen LogP contribution in [0.15, 0.2) is 30.6 Å². The lowest BCUT2D eigenvalue weighted by Crippen LogP contribution is -1.91. The smallest absolute Gasteiger partial charge is 0.298 e. The first-order valence-corrected chi connectivity index (χ1v) is 4.93. The van der Waals surface area contributed by atoms with Crippen molar-refractivity contribution < 1.29 is 9.53 Å². The molecule has 0 bridgehead atoms. The van der Waals surface area contributed by atoms with Crippen LogP contribution in [-0.4, -0.2) is 11.5 Å². The molecule has 1 aromatic heterocycles. The predicted molar refractivity (Wildman–Crippen MR) is 62.3 cm³/mol. The lowest BCUT2D eigenvalue weighted by molar-refractivity contribution is -0.120. The summed E-state index contributed by atoms with van der Waals surface area (Å²) in [7, 11) is 0. The van der Waals surface area contributed by atoms with Crippen molar-refractivity contribution in [2.75, 3.05) is 5.73 Å². The van der Waals surface area contributed by atoms with Crippen LogP contribution in [0.25, 0.3) is 11.1 Å². The van der Waals surface area contributed by atoms with Crippen LogP contribution in [0.5, 0.6) is 5.75 Å². The van der Waals surface area contributed by atoms with E-state index in [-0.39, 0.29) is 0 Å². The summed E-state index contributed by atoms with van der Waals surface area (Å²) in [5.41, 5.74) is 7.60. The van der Waals surface area contributed by atoms with Gasteiger partial charge in [-0.2, -0.15) is 0 Å². The highest BCUT2D eigenvalue weighted by molar-refractivity contribution is 6.35. The van der Waals surface area contributed by atoms with Crippen LogP contribution in [0, 0.1) is 0 Å². The molecule has 0 radical (unpaired) electrons. The minimum Gasteiger partial charge on any atom is -0.426 e. The molecule has 0 saturated carbocycles. The van der Waals surface area contributed by atoms with E-state index in [1.165, 1.54) is 0 Å². The second-order valence-corrected chi connectivity index (χ2v) is 3.53. The highest BCUT2D eigenvalue weighted by Gasteiger charge is 2.12. The van der Waals surface area contributed by atoms with Gasteiger partial charge in [-0.3, -0.25) is 4.79 Å². The number of rotatable bonds is 3. The first-order valence-electron chi connectivity index (χ1n) is 4.55. The maximum atomic E-state index is 10.3. The lowest BCUT2D eigenvalue weighted by atomic mass is 10.1. The summed E-state index contributed by atoms with van der Waals surface area (Å²) in [5.74, 6) is 0.419. The third kappa shape index (κ3) is 1.75. The highest BCUT2D eigenvalue weighted by atomic mass is 35.5. The number of anilines is 1. The quantitative estimate of drug-likeness (QED) is 0.635. The number of hydrogen-bond donors (Lipinski definition) is 2. The van der Waals surface area contributed by atoms with Crippen LogP contribution in [0.3, 0.4) is 0 Å². The predicted octanol–water partition coefficient (Wildman–Crippen LogP) is 2.45. The third-order valence-corrected chi connectivity index (χ3v) is 2.62. The number of nitrogens with two attached hydrogens (primary N) is 1. The minimum absolute atomic E-state index is 0.368. The van der Waals surface area contributed by atoms with Crippen molar-refractivity contribution in [1.29, 1.82) is 0 Å². The Kier molecular flexibility index (Phi) is 2.83. The van der Waals surface area contributed by atoms with Gasteiger partial charge in [0.1, 0.15) is 0 Å². The van der Waals surface area contributed by atoms with Crippen molar-refractivity contribution in [2.45, 2.75) is 0 Å². The molecule has 0 aliphatic rings. The Labute approximate surface area is 97.0 Å². The molecule has 1 heterocycles. The number of nitrogens with one attached hydrogen (secondary N) is 1. The molecule has 16 heavy (non-hydrogen) atoms. The zero-order valence-corrected chi connectivity index (χ0v) is 8.99. The zero-order valence-electron chi connectivity index (χ0n) is 8.24. The molecule has 3 N–H and O–H groups in total. The van der Waals surface area contributed by atoms with E-state index in [1.807, 2.05) is 0 Å². The van der Waals surface area contributed by atoms with E-state index in [9.17, 15) is 4.79 Å². The number of nitrogen functional groups attached to an aromatic ring is 1. The van der Waals surface area contributed by atoms with Gasteiger partial charge in [-0.05, 0) is 6.07 Å². The number of carbonyl (C=O) groups excluding carboxylic acids is 1. The molecule has 0 saturated heterocycles. The molecule has 2 aromatic rings. The summed E-state index contributed by atoms with van der Waals surface area (Å²) in [6.07, 6.45) is 3.27. The average Bonchev–Trinajstić information content (AvgIpc) is 2.71. The van der Waals surface area contributed by atoms with Crippen molar-refractivity contribution in [2.24, 2.45) is 0 Å². The Bertz CT molecular complexity index is 522. The van der Waals surface area contributed by atoms with Crippen LogP contribution in [0.1, 0.15) is 0 Å². The van der Waals surface area contributed by atoms with Crippen LogP contribution < -0.4 is 10.5 Å². The Morgan fingerprint density at radius 3 is 2.88 bits per heavy atom. The number of carbonyl (C=O) groups is 1. The topological polar surface area (TPSA) is 68.1 Å². The van der Waals surface area contributed by atoms with E-state index in [0.29, 0.717) is 28.5 Å². The summed E-state index contributed by atoms with van der Waals surface area (Å²) in [5, 5.41) is 0.442. The third-order valence-electron chi connectivity index (χ3n) is 2.20. The Hall–Kier alpha value is -1.94. The fourth-order valence-electron chi connectivity index (χ4n) is 1.47. The van der Waals surface area contributed by atoms with Crippen molar-refractivity contribution in [3.05, 3.63) is 35.6 Å². The summed E-state index contributed by atoms with van der Waals surface area (Å²) in [4.78, 5) is 13.2. The molecule has 5 heteroatoms. The van der Waals surface area contributed by atoms with Crippen LogP contribution in [0.4, 0.5) is 5.69 Å². The van der Waals surface area contributed by atoms with Gasteiger partial charge in [-0.25, -0.2) is 0 Å². The molecule has 4 nitrogen and oxygen atoms in total. The normalized spacial score (nSPS) is 10.1. The van der Waals surface area contributed by atoms with E-state index in [2.05, 4.69) is 4.98 Å². The number of benzene rings is 1. The molecule has 0 aliphatic carbocycles. The van der Waals surface area contributed by atoms with E-state index < -0.39 is 0 Å². The van der Waals surface area contributed by atoms with Gasteiger partial charge < -0.3 is 15.5 Å². The van der Waals surface area contributed by atoms with Crippen molar-refractivity contribution in [3.8, 4) is 16.9 Å². The Morgan fingerprint density at radius 1 is 1.31 bits per heavy atom. The average molecular weight is 237 g/mol. The number of aromatic nitrogens is 1. The largest absolute Gasteiger partial charge is 0.426 e. The van der Waals surface area contributed by atoms with E-state index in [4.69, 9.17) is 22.1 Å². The molecule has 0 aliphatic heterocycles. The molecule has 0 atom stereocenters. The maximum Gasteiger partial charge on any atom is 0.298 e. The van der Waals surface area contributed by atoms with Gasteiger partial charge in [-0.1, -0.05) is 23.7 Å². The van der Waals surface area contributed by atoms with E-state index >= 15 is 0 Å².